The van der Waals surface area contributed by atoms with Gasteiger partial charge in [-0.2, -0.15) is 5.26 Å². The van der Waals surface area contributed by atoms with Crippen LogP contribution in [0.1, 0.15) is 11.1 Å². The summed E-state index contributed by atoms with van der Waals surface area (Å²) in [6.45, 7) is 1.79. The van der Waals surface area contributed by atoms with Gasteiger partial charge in [-0.3, -0.25) is 0 Å². The fourth-order valence-corrected chi connectivity index (χ4v) is 0.974. The Balaban J connectivity index is 3.17. The van der Waals surface area contributed by atoms with E-state index < -0.39 is 5.82 Å². The van der Waals surface area contributed by atoms with E-state index in [9.17, 15) is 4.39 Å². The Morgan fingerprint density at radius 3 is 2.85 bits per heavy atom. The topological polar surface area (TPSA) is 49.8 Å². The molecule has 3 heteroatoms. The number of aryl methyl sites for hydroxylation is 1. The van der Waals surface area contributed by atoms with Crippen molar-refractivity contribution in [3.63, 3.8) is 0 Å². The number of nitrogens with two attached hydrogens (primary N) is 1. The molecule has 1 aromatic carbocycles. The normalized spacial score (nSPS) is 10.2. The molecule has 0 aliphatic heterocycles. The van der Waals surface area contributed by atoms with E-state index in [-0.39, 0.29) is 0 Å². The van der Waals surface area contributed by atoms with Crippen molar-refractivity contribution in [3.05, 3.63) is 35.2 Å². The summed E-state index contributed by atoms with van der Waals surface area (Å²) in [5, 5.41) is 8.26. The first-order valence-corrected chi connectivity index (χ1v) is 3.77. The number of hydrogen-bond acceptors (Lipinski definition) is 2. The predicted molar refractivity (Wildman–Crippen MR) is 50.2 cm³/mol. The van der Waals surface area contributed by atoms with Crippen LogP contribution in [0, 0.1) is 24.1 Å². The third kappa shape index (κ3) is 2.06. The molecule has 66 valence electrons. The Hall–Kier alpha value is -1.82. The van der Waals surface area contributed by atoms with Crippen molar-refractivity contribution < 1.29 is 4.39 Å². The van der Waals surface area contributed by atoms with Gasteiger partial charge in [0.2, 0.25) is 0 Å². The molecule has 0 saturated carbocycles. The van der Waals surface area contributed by atoms with Gasteiger partial charge in [0.25, 0.3) is 0 Å². The van der Waals surface area contributed by atoms with Gasteiger partial charge in [0, 0.05) is 17.3 Å². The molecule has 2 nitrogen and oxygen atoms in total. The van der Waals surface area contributed by atoms with Crippen molar-refractivity contribution in [3.8, 4) is 6.07 Å². The highest BCUT2D eigenvalue weighted by atomic mass is 19.1. The number of hydrogen-bond donors (Lipinski definition) is 1. The van der Waals surface area contributed by atoms with Gasteiger partial charge in [-0.15, -0.1) is 0 Å². The number of nitriles is 1. The van der Waals surface area contributed by atoms with Gasteiger partial charge in [0.1, 0.15) is 5.82 Å². The molecule has 0 bridgehead atoms. The third-order valence-electron chi connectivity index (χ3n) is 1.72. The van der Waals surface area contributed by atoms with Crippen molar-refractivity contribution in [2.24, 2.45) is 0 Å². The highest BCUT2D eigenvalue weighted by Crippen LogP contribution is 2.17. The van der Waals surface area contributed by atoms with Crippen molar-refractivity contribution >= 4 is 11.8 Å². The molecule has 0 fully saturated rings. The number of halogens is 1. The summed E-state index contributed by atoms with van der Waals surface area (Å²) in [4.78, 5) is 0. The van der Waals surface area contributed by atoms with Gasteiger partial charge in [-0.05, 0) is 30.7 Å². The van der Waals surface area contributed by atoms with Crippen LogP contribution in [0.25, 0.3) is 6.08 Å². The first-order valence-electron chi connectivity index (χ1n) is 3.77. The van der Waals surface area contributed by atoms with Gasteiger partial charge >= 0.3 is 0 Å². The molecule has 0 saturated heterocycles. The minimum atomic E-state index is -0.408. The molecule has 0 aromatic heterocycles. The maximum Gasteiger partial charge on any atom is 0.132 e. The fraction of sp³-hybridized carbons (Fsp3) is 0.100. The lowest BCUT2D eigenvalue weighted by Gasteiger charge is -2.02. The lowest BCUT2D eigenvalue weighted by molar-refractivity contribution is 0.625. The summed E-state index contributed by atoms with van der Waals surface area (Å²) in [5.41, 5.74) is 7.10. The summed E-state index contributed by atoms with van der Waals surface area (Å²) in [7, 11) is 0. The molecule has 0 aliphatic carbocycles. The standard InChI is InChI=1S/C10H9FN2/c1-7-5-8(3-2-4-12)9(11)6-10(7)13/h2-3,5-6H,13H2,1H3. The van der Waals surface area contributed by atoms with Gasteiger partial charge in [-0.1, -0.05) is 0 Å². The Morgan fingerprint density at radius 2 is 2.23 bits per heavy atom. The largest absolute Gasteiger partial charge is 0.398 e. The van der Waals surface area contributed by atoms with E-state index in [1.807, 2.05) is 0 Å². The number of allylic oxidation sites excluding steroid dienone is 1. The van der Waals surface area contributed by atoms with E-state index in [0.29, 0.717) is 11.3 Å². The molecule has 1 aromatic rings. The minimum absolute atomic E-state index is 0.383. The molecule has 13 heavy (non-hydrogen) atoms. The number of anilines is 1. The molecular formula is C10H9FN2. The molecule has 0 aliphatic rings. The quantitative estimate of drug-likeness (QED) is 0.527. The van der Waals surface area contributed by atoms with E-state index >= 15 is 0 Å². The lowest BCUT2D eigenvalue weighted by Crippen LogP contribution is -1.92. The second-order valence-corrected chi connectivity index (χ2v) is 2.69. The maximum atomic E-state index is 13.1. The third-order valence-corrected chi connectivity index (χ3v) is 1.72. The monoisotopic (exact) mass is 176 g/mol. The molecular weight excluding hydrogens is 167 g/mol. The molecule has 0 amide bonds. The summed E-state index contributed by atoms with van der Waals surface area (Å²) < 4.78 is 13.1. The Labute approximate surface area is 76.1 Å². The molecule has 0 radical (unpaired) electrons. The van der Waals surface area contributed by atoms with Crippen LogP contribution in [0.3, 0.4) is 0 Å². The molecule has 0 heterocycles. The van der Waals surface area contributed by atoms with E-state index in [2.05, 4.69) is 0 Å². The van der Waals surface area contributed by atoms with E-state index in [1.165, 1.54) is 18.2 Å². The zero-order chi connectivity index (χ0) is 9.84. The SMILES string of the molecule is Cc1cc(C=CC#N)c(F)cc1N. The van der Waals surface area contributed by atoms with Crippen LogP contribution in [-0.2, 0) is 0 Å². The van der Waals surface area contributed by atoms with E-state index in [4.69, 9.17) is 11.0 Å². The first kappa shape index (κ1) is 9.27. The highest BCUT2D eigenvalue weighted by molar-refractivity contribution is 5.59. The predicted octanol–water partition coefficient (Wildman–Crippen LogP) is 2.25. The Kier molecular flexibility index (Phi) is 2.65. The summed E-state index contributed by atoms with van der Waals surface area (Å²) in [6.07, 6.45) is 2.65. The molecule has 1 rings (SSSR count). The lowest BCUT2D eigenvalue weighted by atomic mass is 10.1. The van der Waals surface area contributed by atoms with Crippen LogP contribution in [-0.4, -0.2) is 0 Å². The van der Waals surface area contributed by atoms with Gasteiger partial charge in [-0.25, -0.2) is 4.39 Å². The second kappa shape index (κ2) is 3.72. The summed E-state index contributed by atoms with van der Waals surface area (Å²) >= 11 is 0. The molecule has 0 unspecified atom stereocenters. The van der Waals surface area contributed by atoms with Gasteiger partial charge in [0.15, 0.2) is 0 Å². The Morgan fingerprint density at radius 1 is 1.54 bits per heavy atom. The van der Waals surface area contributed by atoms with Gasteiger partial charge in [0.05, 0.1) is 6.07 Å². The van der Waals surface area contributed by atoms with Crippen molar-refractivity contribution in [1.82, 2.24) is 0 Å². The molecule has 0 spiro atoms. The van der Waals surface area contributed by atoms with Crippen LogP contribution in [0.4, 0.5) is 10.1 Å². The van der Waals surface area contributed by atoms with Crippen molar-refractivity contribution in [2.75, 3.05) is 5.73 Å². The van der Waals surface area contributed by atoms with Crippen LogP contribution in [0.2, 0.25) is 0 Å². The zero-order valence-corrected chi connectivity index (χ0v) is 7.21. The minimum Gasteiger partial charge on any atom is -0.398 e. The molecule has 2 N–H and O–H groups in total. The van der Waals surface area contributed by atoms with Crippen molar-refractivity contribution in [1.29, 1.82) is 5.26 Å². The average Bonchev–Trinajstić information content (AvgIpc) is 2.09. The van der Waals surface area contributed by atoms with Crippen molar-refractivity contribution in [2.45, 2.75) is 6.92 Å². The first-order chi connectivity index (χ1) is 6.15. The fourth-order valence-electron chi connectivity index (χ4n) is 0.974. The van der Waals surface area contributed by atoms with Crippen LogP contribution < -0.4 is 5.73 Å². The van der Waals surface area contributed by atoms with Gasteiger partial charge < -0.3 is 5.73 Å². The summed E-state index contributed by atoms with van der Waals surface area (Å²) in [5.74, 6) is -0.408. The van der Waals surface area contributed by atoms with E-state index in [1.54, 1.807) is 19.1 Å². The maximum absolute atomic E-state index is 13.1. The van der Waals surface area contributed by atoms with E-state index in [0.717, 1.165) is 5.56 Å². The van der Waals surface area contributed by atoms with Crippen LogP contribution in [0.5, 0.6) is 0 Å². The zero-order valence-electron chi connectivity index (χ0n) is 7.21. The smallest absolute Gasteiger partial charge is 0.132 e. The number of nitrogens with zero attached hydrogens (tertiary/aromatic N) is 1. The summed E-state index contributed by atoms with van der Waals surface area (Å²) in [6, 6.07) is 4.66. The number of benzene rings is 1. The average molecular weight is 176 g/mol. The highest BCUT2D eigenvalue weighted by Gasteiger charge is 2.01. The number of rotatable bonds is 1. The number of nitrogen functional groups attached to an aromatic ring is 1. The molecule has 0 atom stereocenters. The van der Waals surface area contributed by atoms with Crippen LogP contribution in [0.15, 0.2) is 18.2 Å². The second-order valence-electron chi connectivity index (χ2n) is 2.69. The Bertz CT molecular complexity index is 389. The van der Waals surface area contributed by atoms with Crippen LogP contribution >= 0.6 is 0 Å².